The number of aryl methyl sites for hydroxylation is 2. The number of aliphatic hydroxyl groups is 1. The van der Waals surface area contributed by atoms with Crippen molar-refractivity contribution >= 4 is 11.9 Å². The zero-order valence-corrected chi connectivity index (χ0v) is 14.7. The number of aliphatic hydroxyl groups excluding tert-OH is 1. The molecule has 2 rings (SSSR count). The average Bonchev–Trinajstić information content (AvgIpc) is 3.04. The van der Waals surface area contributed by atoms with Crippen molar-refractivity contribution in [3.05, 3.63) is 58.5 Å². The van der Waals surface area contributed by atoms with Crippen LogP contribution in [0.5, 0.6) is 0 Å². The molecule has 0 spiro atoms. The van der Waals surface area contributed by atoms with Crippen LogP contribution in [-0.2, 0) is 6.42 Å². The lowest BCUT2D eigenvalue weighted by atomic mass is 10.1. The fourth-order valence-electron chi connectivity index (χ4n) is 2.59. The van der Waals surface area contributed by atoms with Crippen LogP contribution in [-0.4, -0.2) is 40.1 Å². The maximum absolute atomic E-state index is 12.6. The number of hydrogen-bond acceptors (Lipinski definition) is 4. The zero-order valence-electron chi connectivity index (χ0n) is 14.7. The van der Waals surface area contributed by atoms with E-state index in [9.17, 15) is 19.8 Å². The quantitative estimate of drug-likeness (QED) is 0.805. The van der Waals surface area contributed by atoms with Crippen molar-refractivity contribution in [2.45, 2.75) is 33.3 Å². The highest BCUT2D eigenvalue weighted by Gasteiger charge is 2.25. The Bertz CT molecular complexity index is 748. The van der Waals surface area contributed by atoms with E-state index in [1.165, 1.54) is 11.0 Å². The van der Waals surface area contributed by atoms with Crippen LogP contribution in [0, 0.1) is 6.92 Å². The number of hydrogen-bond donors (Lipinski definition) is 2. The summed E-state index contributed by atoms with van der Waals surface area (Å²) in [5.74, 6) is -1.31. The molecule has 0 fully saturated rings. The molecular formula is C19H23NO5. The molecule has 0 saturated heterocycles. The minimum absolute atomic E-state index is 0.000913. The fourth-order valence-corrected chi connectivity index (χ4v) is 2.59. The molecule has 0 aliphatic heterocycles. The number of furan rings is 1. The lowest BCUT2D eigenvalue weighted by Crippen LogP contribution is -2.34. The van der Waals surface area contributed by atoms with Gasteiger partial charge in [0.2, 0.25) is 0 Å². The average molecular weight is 345 g/mol. The Labute approximate surface area is 146 Å². The standard InChI is InChI=1S/C19H23NO5/c1-4-16-14(19(23)24)10-17(25-16)18(22)20(5-2)11-15(21)13-8-6-12(3)7-9-13/h6-10,15,21H,4-5,11H2,1-3H3,(H,23,24). The van der Waals surface area contributed by atoms with Crippen LogP contribution in [0.3, 0.4) is 0 Å². The van der Waals surface area contributed by atoms with Crippen molar-refractivity contribution in [3.8, 4) is 0 Å². The minimum atomic E-state index is -1.12. The molecule has 2 N–H and O–H groups in total. The van der Waals surface area contributed by atoms with E-state index in [0.29, 0.717) is 13.0 Å². The second-order valence-electron chi connectivity index (χ2n) is 5.88. The second-order valence-corrected chi connectivity index (χ2v) is 5.88. The largest absolute Gasteiger partial charge is 0.478 e. The number of amides is 1. The summed E-state index contributed by atoms with van der Waals surface area (Å²) < 4.78 is 5.42. The van der Waals surface area contributed by atoms with Gasteiger partial charge in [0.1, 0.15) is 11.3 Å². The van der Waals surface area contributed by atoms with E-state index in [1.807, 2.05) is 31.2 Å². The molecule has 0 radical (unpaired) electrons. The number of carbonyl (C=O) groups excluding carboxylic acids is 1. The number of aromatic carboxylic acids is 1. The van der Waals surface area contributed by atoms with Crippen molar-refractivity contribution in [1.82, 2.24) is 4.90 Å². The SMILES string of the molecule is CCc1oc(C(=O)N(CC)CC(O)c2ccc(C)cc2)cc1C(=O)O. The number of rotatable bonds is 7. The van der Waals surface area contributed by atoms with Crippen LogP contribution in [0.1, 0.15) is 57.8 Å². The summed E-state index contributed by atoms with van der Waals surface area (Å²) in [5, 5.41) is 19.6. The summed E-state index contributed by atoms with van der Waals surface area (Å²) in [4.78, 5) is 25.3. The third kappa shape index (κ3) is 4.28. The topological polar surface area (TPSA) is 91.0 Å². The van der Waals surface area contributed by atoms with Gasteiger partial charge in [-0.05, 0) is 19.4 Å². The predicted octanol–water partition coefficient (Wildman–Crippen LogP) is 3.04. The van der Waals surface area contributed by atoms with Crippen LogP contribution >= 0.6 is 0 Å². The summed E-state index contributed by atoms with van der Waals surface area (Å²) in [5.41, 5.74) is 1.81. The van der Waals surface area contributed by atoms with Gasteiger partial charge in [0.15, 0.2) is 5.76 Å². The molecule has 1 atom stereocenters. The zero-order chi connectivity index (χ0) is 18.6. The first-order valence-corrected chi connectivity index (χ1v) is 8.27. The predicted molar refractivity (Wildman–Crippen MR) is 92.8 cm³/mol. The highest BCUT2D eigenvalue weighted by atomic mass is 16.4. The van der Waals surface area contributed by atoms with E-state index in [1.54, 1.807) is 13.8 Å². The number of carbonyl (C=O) groups is 2. The summed E-state index contributed by atoms with van der Waals surface area (Å²) in [6.45, 7) is 5.98. The molecule has 0 saturated carbocycles. The van der Waals surface area contributed by atoms with Crippen LogP contribution in [0.4, 0.5) is 0 Å². The van der Waals surface area contributed by atoms with Gasteiger partial charge in [0.05, 0.1) is 12.6 Å². The first-order valence-electron chi connectivity index (χ1n) is 8.27. The van der Waals surface area contributed by atoms with Gasteiger partial charge in [-0.2, -0.15) is 0 Å². The smallest absolute Gasteiger partial charge is 0.339 e. The fraction of sp³-hybridized carbons (Fsp3) is 0.368. The van der Waals surface area contributed by atoms with Crippen molar-refractivity contribution in [1.29, 1.82) is 0 Å². The van der Waals surface area contributed by atoms with Crippen LogP contribution in [0.2, 0.25) is 0 Å². The molecule has 1 amide bonds. The third-order valence-corrected chi connectivity index (χ3v) is 4.10. The number of likely N-dealkylation sites (N-methyl/N-ethyl adjacent to an activating group) is 1. The van der Waals surface area contributed by atoms with Crippen LogP contribution in [0.25, 0.3) is 0 Å². The molecule has 134 valence electrons. The van der Waals surface area contributed by atoms with Gasteiger partial charge in [0.25, 0.3) is 5.91 Å². The number of benzene rings is 1. The molecule has 1 heterocycles. The maximum atomic E-state index is 12.6. The Kier molecular flexibility index (Phi) is 5.98. The van der Waals surface area contributed by atoms with Gasteiger partial charge in [-0.3, -0.25) is 4.79 Å². The number of carboxylic acids is 1. The van der Waals surface area contributed by atoms with E-state index in [0.717, 1.165) is 11.1 Å². The Balaban J connectivity index is 2.18. The van der Waals surface area contributed by atoms with E-state index in [-0.39, 0.29) is 23.6 Å². The Hall–Kier alpha value is -2.60. The molecule has 0 aliphatic rings. The molecule has 25 heavy (non-hydrogen) atoms. The second kappa shape index (κ2) is 7.98. The van der Waals surface area contributed by atoms with Crippen molar-refractivity contribution in [3.63, 3.8) is 0 Å². The number of carboxylic acid groups (broad SMARTS) is 1. The molecule has 0 aliphatic carbocycles. The van der Waals surface area contributed by atoms with E-state index < -0.39 is 18.0 Å². The lowest BCUT2D eigenvalue weighted by molar-refractivity contribution is 0.0603. The van der Waals surface area contributed by atoms with Crippen molar-refractivity contribution in [2.75, 3.05) is 13.1 Å². The summed E-state index contributed by atoms with van der Waals surface area (Å²) >= 11 is 0. The lowest BCUT2D eigenvalue weighted by Gasteiger charge is -2.23. The molecule has 2 aromatic rings. The molecule has 0 bridgehead atoms. The summed E-state index contributed by atoms with van der Waals surface area (Å²) in [7, 11) is 0. The Morgan fingerprint density at radius 2 is 1.84 bits per heavy atom. The first kappa shape index (κ1) is 18.7. The highest BCUT2D eigenvalue weighted by molar-refractivity contribution is 5.96. The van der Waals surface area contributed by atoms with Crippen molar-refractivity contribution in [2.24, 2.45) is 0 Å². The summed E-state index contributed by atoms with van der Waals surface area (Å²) in [6.07, 6.45) is -0.448. The third-order valence-electron chi connectivity index (χ3n) is 4.10. The Morgan fingerprint density at radius 3 is 2.32 bits per heavy atom. The van der Waals surface area contributed by atoms with E-state index in [2.05, 4.69) is 0 Å². The highest BCUT2D eigenvalue weighted by Crippen LogP contribution is 2.20. The van der Waals surface area contributed by atoms with E-state index >= 15 is 0 Å². The van der Waals surface area contributed by atoms with Gasteiger partial charge in [-0.25, -0.2) is 4.79 Å². The molecule has 6 heteroatoms. The Morgan fingerprint density at radius 1 is 1.20 bits per heavy atom. The monoisotopic (exact) mass is 345 g/mol. The maximum Gasteiger partial charge on any atom is 0.339 e. The molecule has 1 unspecified atom stereocenters. The van der Waals surface area contributed by atoms with Crippen LogP contribution in [0.15, 0.2) is 34.7 Å². The van der Waals surface area contributed by atoms with Gasteiger partial charge in [0, 0.05) is 19.0 Å². The van der Waals surface area contributed by atoms with Gasteiger partial charge in [-0.15, -0.1) is 0 Å². The van der Waals surface area contributed by atoms with Crippen LogP contribution < -0.4 is 0 Å². The first-order chi connectivity index (χ1) is 11.9. The molecule has 6 nitrogen and oxygen atoms in total. The van der Waals surface area contributed by atoms with Crippen molar-refractivity contribution < 1.29 is 24.2 Å². The van der Waals surface area contributed by atoms with E-state index in [4.69, 9.17) is 4.42 Å². The molecular weight excluding hydrogens is 322 g/mol. The molecule has 1 aromatic carbocycles. The van der Waals surface area contributed by atoms with Gasteiger partial charge in [-0.1, -0.05) is 36.8 Å². The number of nitrogens with zero attached hydrogens (tertiary/aromatic N) is 1. The minimum Gasteiger partial charge on any atom is -0.478 e. The van der Waals surface area contributed by atoms with Gasteiger partial charge >= 0.3 is 5.97 Å². The van der Waals surface area contributed by atoms with Gasteiger partial charge < -0.3 is 19.5 Å². The molecule has 1 aromatic heterocycles. The normalized spacial score (nSPS) is 12.0. The summed E-state index contributed by atoms with van der Waals surface area (Å²) in [6, 6.07) is 8.70.